The largest absolute Gasteiger partial charge is 0.480 e. The Labute approximate surface area is 113 Å². The predicted octanol–water partition coefficient (Wildman–Crippen LogP) is 0.471. The van der Waals surface area contributed by atoms with E-state index in [0.29, 0.717) is 5.75 Å². The Kier molecular flexibility index (Phi) is 3.98. The summed E-state index contributed by atoms with van der Waals surface area (Å²) in [4.78, 5) is 40.6. The molecule has 1 aromatic rings. The van der Waals surface area contributed by atoms with E-state index in [1.165, 1.54) is 22.9 Å². The highest BCUT2D eigenvalue weighted by Crippen LogP contribution is 2.33. The minimum Gasteiger partial charge on any atom is -0.480 e. The summed E-state index contributed by atoms with van der Waals surface area (Å²) in [6.45, 7) is 1.98. The number of carbonyl (C=O) groups is 2. The van der Waals surface area contributed by atoms with E-state index in [4.69, 9.17) is 0 Å². The summed E-state index contributed by atoms with van der Waals surface area (Å²) < 4.78 is 0. The first-order valence-electron chi connectivity index (χ1n) is 5.99. The maximum atomic E-state index is 12.3. The minimum atomic E-state index is -1.02. The van der Waals surface area contributed by atoms with Crippen LogP contribution in [0.4, 0.5) is 0 Å². The van der Waals surface area contributed by atoms with Gasteiger partial charge in [-0.15, -0.1) is 11.8 Å². The van der Waals surface area contributed by atoms with Crippen molar-refractivity contribution in [1.29, 1.82) is 0 Å². The fourth-order valence-corrected chi connectivity index (χ4v) is 3.60. The number of aromatic nitrogens is 2. The third kappa shape index (κ3) is 2.67. The van der Waals surface area contributed by atoms with Crippen molar-refractivity contribution in [3.63, 3.8) is 0 Å². The lowest BCUT2D eigenvalue weighted by atomic mass is 10.2. The van der Waals surface area contributed by atoms with Crippen LogP contribution in [0.1, 0.15) is 30.3 Å². The van der Waals surface area contributed by atoms with Gasteiger partial charge >= 0.3 is 11.7 Å². The molecule has 1 saturated heterocycles. The summed E-state index contributed by atoms with van der Waals surface area (Å²) in [5, 5.41) is 9.03. The second-order valence-corrected chi connectivity index (χ2v) is 5.51. The Balaban J connectivity index is 2.27. The van der Waals surface area contributed by atoms with Crippen molar-refractivity contribution in [2.24, 2.45) is 0 Å². The van der Waals surface area contributed by atoms with Crippen molar-refractivity contribution in [3.05, 3.63) is 22.4 Å². The summed E-state index contributed by atoms with van der Waals surface area (Å²) in [5.41, 5.74) is -0.381. The van der Waals surface area contributed by atoms with Gasteiger partial charge in [0.2, 0.25) is 0 Å². The van der Waals surface area contributed by atoms with Crippen molar-refractivity contribution < 1.29 is 14.7 Å². The van der Waals surface area contributed by atoms with E-state index < -0.39 is 23.6 Å². The second kappa shape index (κ2) is 5.52. The standard InChI is InChI=1S/C11H15N3O4S/c1-2-3-8-14(7(5-19-8)10(16)17)9(15)6-4-12-11(18)13-6/h4,7-8H,2-3,5H2,1H3,(H,16,17)(H2,12,13,18). The van der Waals surface area contributed by atoms with E-state index in [1.807, 2.05) is 6.92 Å². The molecule has 0 aromatic carbocycles. The van der Waals surface area contributed by atoms with Gasteiger partial charge in [0.1, 0.15) is 11.7 Å². The first-order valence-corrected chi connectivity index (χ1v) is 7.04. The SMILES string of the molecule is CCCC1SCC(C(=O)O)N1C(=O)c1c[nH]c(=O)[nH]1. The predicted molar refractivity (Wildman–Crippen MR) is 70.2 cm³/mol. The molecule has 1 amide bonds. The molecule has 2 atom stereocenters. The number of amides is 1. The number of H-pyrrole nitrogens is 2. The van der Waals surface area contributed by atoms with Gasteiger partial charge in [-0.2, -0.15) is 0 Å². The number of aliphatic carboxylic acids is 1. The molecule has 1 aromatic heterocycles. The van der Waals surface area contributed by atoms with E-state index in [2.05, 4.69) is 9.97 Å². The van der Waals surface area contributed by atoms with Crippen LogP contribution in [0.2, 0.25) is 0 Å². The number of rotatable bonds is 4. The summed E-state index contributed by atoms with van der Waals surface area (Å²) >= 11 is 1.46. The summed E-state index contributed by atoms with van der Waals surface area (Å²) in [6.07, 6.45) is 2.86. The van der Waals surface area contributed by atoms with Crippen molar-refractivity contribution in [2.75, 3.05) is 5.75 Å². The Hall–Kier alpha value is -1.70. The lowest BCUT2D eigenvalue weighted by molar-refractivity contribution is -0.141. The van der Waals surface area contributed by atoms with Gasteiger partial charge in [-0.25, -0.2) is 9.59 Å². The molecule has 0 spiro atoms. The lowest BCUT2D eigenvalue weighted by Crippen LogP contribution is -2.45. The highest BCUT2D eigenvalue weighted by Gasteiger charge is 2.41. The highest BCUT2D eigenvalue weighted by atomic mass is 32.2. The van der Waals surface area contributed by atoms with Gasteiger partial charge in [0.05, 0.1) is 5.37 Å². The number of carboxylic acid groups (broad SMARTS) is 1. The summed E-state index contributed by atoms with van der Waals surface area (Å²) in [6, 6.07) is -0.840. The minimum absolute atomic E-state index is 0.0971. The smallest absolute Gasteiger partial charge is 0.327 e. The van der Waals surface area contributed by atoms with E-state index in [0.717, 1.165) is 12.8 Å². The van der Waals surface area contributed by atoms with Gasteiger partial charge in [-0.05, 0) is 6.42 Å². The first kappa shape index (κ1) is 13.7. The van der Waals surface area contributed by atoms with Crippen molar-refractivity contribution in [2.45, 2.75) is 31.2 Å². The molecule has 104 valence electrons. The molecular formula is C11H15N3O4S. The van der Waals surface area contributed by atoms with Crippen molar-refractivity contribution in [3.8, 4) is 0 Å². The molecule has 2 unspecified atom stereocenters. The molecule has 1 aliphatic heterocycles. The fourth-order valence-electron chi connectivity index (χ4n) is 2.08. The number of thioether (sulfide) groups is 1. The number of carbonyl (C=O) groups excluding carboxylic acids is 1. The monoisotopic (exact) mass is 285 g/mol. The molecule has 0 bridgehead atoms. The van der Waals surface area contributed by atoms with Gasteiger partial charge in [0, 0.05) is 11.9 Å². The molecule has 19 heavy (non-hydrogen) atoms. The molecule has 1 fully saturated rings. The molecule has 7 nitrogen and oxygen atoms in total. The van der Waals surface area contributed by atoms with Crippen LogP contribution in [-0.2, 0) is 4.79 Å². The van der Waals surface area contributed by atoms with Crippen molar-refractivity contribution >= 4 is 23.6 Å². The zero-order chi connectivity index (χ0) is 14.0. The van der Waals surface area contributed by atoms with Crippen LogP contribution in [0.5, 0.6) is 0 Å². The van der Waals surface area contributed by atoms with Crippen LogP contribution >= 0.6 is 11.8 Å². The van der Waals surface area contributed by atoms with E-state index >= 15 is 0 Å². The number of imidazole rings is 1. The van der Waals surface area contributed by atoms with Crippen LogP contribution in [0.15, 0.2) is 11.0 Å². The number of nitrogens with zero attached hydrogens (tertiary/aromatic N) is 1. The first-order chi connectivity index (χ1) is 9.04. The Morgan fingerprint density at radius 1 is 1.58 bits per heavy atom. The molecule has 3 N–H and O–H groups in total. The second-order valence-electron chi connectivity index (χ2n) is 4.30. The maximum absolute atomic E-state index is 12.3. The zero-order valence-corrected chi connectivity index (χ0v) is 11.2. The van der Waals surface area contributed by atoms with Crippen LogP contribution in [-0.4, -0.2) is 49.0 Å². The van der Waals surface area contributed by atoms with E-state index in [-0.39, 0.29) is 11.1 Å². The van der Waals surface area contributed by atoms with Gasteiger partial charge < -0.3 is 20.0 Å². The average molecular weight is 285 g/mol. The van der Waals surface area contributed by atoms with E-state index in [1.54, 1.807) is 0 Å². The summed E-state index contributed by atoms with van der Waals surface area (Å²) in [5.74, 6) is -1.09. The summed E-state index contributed by atoms with van der Waals surface area (Å²) in [7, 11) is 0. The number of carboxylic acids is 1. The van der Waals surface area contributed by atoms with Gasteiger partial charge in [0.15, 0.2) is 0 Å². The third-order valence-corrected chi connectivity index (χ3v) is 4.33. The normalized spacial score (nSPS) is 22.7. The molecule has 2 heterocycles. The Morgan fingerprint density at radius 2 is 2.32 bits per heavy atom. The highest BCUT2D eigenvalue weighted by molar-refractivity contribution is 8.00. The number of nitrogens with one attached hydrogen (secondary N) is 2. The van der Waals surface area contributed by atoms with Crippen molar-refractivity contribution in [1.82, 2.24) is 14.9 Å². The average Bonchev–Trinajstić information content (AvgIpc) is 2.95. The Bertz CT molecular complexity index is 538. The number of hydrogen-bond donors (Lipinski definition) is 3. The molecule has 0 aliphatic carbocycles. The van der Waals surface area contributed by atoms with Crippen LogP contribution < -0.4 is 5.69 Å². The molecule has 0 saturated carbocycles. The molecule has 0 radical (unpaired) electrons. The Morgan fingerprint density at radius 3 is 2.84 bits per heavy atom. The topological polar surface area (TPSA) is 106 Å². The lowest BCUT2D eigenvalue weighted by Gasteiger charge is -2.26. The zero-order valence-electron chi connectivity index (χ0n) is 10.4. The molecule has 1 aliphatic rings. The van der Waals surface area contributed by atoms with Gasteiger partial charge in [-0.3, -0.25) is 4.79 Å². The van der Waals surface area contributed by atoms with Gasteiger partial charge in [-0.1, -0.05) is 13.3 Å². The number of aromatic amines is 2. The van der Waals surface area contributed by atoms with Crippen LogP contribution in [0.3, 0.4) is 0 Å². The van der Waals surface area contributed by atoms with E-state index in [9.17, 15) is 19.5 Å². The van der Waals surface area contributed by atoms with Crippen LogP contribution in [0.25, 0.3) is 0 Å². The fraction of sp³-hybridized carbons (Fsp3) is 0.545. The molecule has 2 rings (SSSR count). The quantitative estimate of drug-likeness (QED) is 0.745. The molecule has 8 heteroatoms. The number of hydrogen-bond acceptors (Lipinski definition) is 4. The maximum Gasteiger partial charge on any atom is 0.327 e. The van der Waals surface area contributed by atoms with Gasteiger partial charge in [0.25, 0.3) is 5.91 Å². The van der Waals surface area contributed by atoms with Crippen LogP contribution in [0, 0.1) is 0 Å². The molecular weight excluding hydrogens is 270 g/mol. The third-order valence-electron chi connectivity index (χ3n) is 2.97.